The van der Waals surface area contributed by atoms with Gasteiger partial charge in [0.2, 0.25) is 5.95 Å². The number of benzene rings is 1. The molecule has 0 spiro atoms. The first-order valence-corrected chi connectivity index (χ1v) is 5.39. The highest BCUT2D eigenvalue weighted by atomic mass is 79.9. The van der Waals surface area contributed by atoms with Crippen LogP contribution in [0.15, 0.2) is 47.2 Å². The second-order valence-electron chi connectivity index (χ2n) is 3.01. The molecular formula is C11H8BrN3O. The van der Waals surface area contributed by atoms with E-state index in [-0.39, 0.29) is 5.91 Å². The third kappa shape index (κ3) is 2.43. The molecule has 0 saturated heterocycles. The average molecular weight is 278 g/mol. The highest BCUT2D eigenvalue weighted by molar-refractivity contribution is 9.10. The van der Waals surface area contributed by atoms with E-state index in [0.717, 1.165) is 4.47 Å². The van der Waals surface area contributed by atoms with Crippen molar-refractivity contribution in [3.05, 3.63) is 52.8 Å². The molecule has 0 aliphatic rings. The zero-order valence-corrected chi connectivity index (χ0v) is 9.81. The van der Waals surface area contributed by atoms with Crippen molar-refractivity contribution in [2.45, 2.75) is 0 Å². The molecule has 1 heterocycles. The maximum Gasteiger partial charge on any atom is 0.259 e. The van der Waals surface area contributed by atoms with Crippen molar-refractivity contribution in [1.82, 2.24) is 9.97 Å². The fraction of sp³-hybridized carbons (Fsp3) is 0. The molecule has 2 aromatic rings. The molecule has 1 amide bonds. The highest BCUT2D eigenvalue weighted by Crippen LogP contribution is 2.16. The Balaban J connectivity index is 2.19. The van der Waals surface area contributed by atoms with Gasteiger partial charge in [0.1, 0.15) is 0 Å². The zero-order chi connectivity index (χ0) is 11.4. The maximum absolute atomic E-state index is 11.8. The van der Waals surface area contributed by atoms with Crippen LogP contribution >= 0.6 is 15.9 Å². The van der Waals surface area contributed by atoms with Crippen LogP contribution < -0.4 is 5.32 Å². The van der Waals surface area contributed by atoms with E-state index in [1.165, 1.54) is 0 Å². The van der Waals surface area contributed by atoms with Gasteiger partial charge < -0.3 is 0 Å². The van der Waals surface area contributed by atoms with E-state index in [0.29, 0.717) is 11.5 Å². The van der Waals surface area contributed by atoms with Gasteiger partial charge >= 0.3 is 0 Å². The van der Waals surface area contributed by atoms with Gasteiger partial charge in [-0.15, -0.1) is 0 Å². The van der Waals surface area contributed by atoms with Crippen molar-refractivity contribution in [3.8, 4) is 0 Å². The monoisotopic (exact) mass is 277 g/mol. The number of aromatic nitrogens is 2. The molecule has 2 rings (SSSR count). The van der Waals surface area contributed by atoms with Gasteiger partial charge in [0.15, 0.2) is 0 Å². The Labute approximate surface area is 101 Å². The predicted molar refractivity (Wildman–Crippen MR) is 64.1 cm³/mol. The Morgan fingerprint density at radius 2 is 1.81 bits per heavy atom. The molecule has 16 heavy (non-hydrogen) atoms. The third-order valence-corrected chi connectivity index (χ3v) is 2.60. The van der Waals surface area contributed by atoms with Crippen LogP contribution in [0, 0.1) is 0 Å². The number of hydrogen-bond donors (Lipinski definition) is 1. The van der Waals surface area contributed by atoms with Gasteiger partial charge in [-0.1, -0.05) is 12.1 Å². The summed E-state index contributed by atoms with van der Waals surface area (Å²) in [6.07, 6.45) is 3.14. The van der Waals surface area contributed by atoms with Gasteiger partial charge in [0.25, 0.3) is 5.91 Å². The van der Waals surface area contributed by atoms with E-state index < -0.39 is 0 Å². The van der Waals surface area contributed by atoms with Gasteiger partial charge in [-0.25, -0.2) is 9.97 Å². The molecule has 0 saturated carbocycles. The minimum atomic E-state index is -0.237. The summed E-state index contributed by atoms with van der Waals surface area (Å²) in [7, 11) is 0. The van der Waals surface area contributed by atoms with E-state index in [1.807, 2.05) is 6.07 Å². The van der Waals surface area contributed by atoms with E-state index in [4.69, 9.17) is 0 Å². The molecular weight excluding hydrogens is 270 g/mol. The molecule has 0 fully saturated rings. The highest BCUT2D eigenvalue weighted by Gasteiger charge is 2.09. The molecule has 0 atom stereocenters. The minimum Gasteiger partial charge on any atom is -0.290 e. The topological polar surface area (TPSA) is 54.9 Å². The molecule has 80 valence electrons. The Bertz CT molecular complexity index is 502. The number of halogens is 1. The lowest BCUT2D eigenvalue weighted by atomic mass is 10.2. The molecule has 0 aliphatic heterocycles. The summed E-state index contributed by atoms with van der Waals surface area (Å²) in [5, 5.41) is 2.61. The summed E-state index contributed by atoms with van der Waals surface area (Å²) in [6, 6.07) is 8.86. The summed E-state index contributed by atoms with van der Waals surface area (Å²) in [5.74, 6) is 0.0573. The lowest BCUT2D eigenvalue weighted by Crippen LogP contribution is -2.14. The second kappa shape index (κ2) is 4.85. The molecule has 0 aliphatic carbocycles. The molecule has 4 nitrogen and oxygen atoms in total. The maximum atomic E-state index is 11.8. The Kier molecular flexibility index (Phi) is 3.26. The van der Waals surface area contributed by atoms with Crippen molar-refractivity contribution in [3.63, 3.8) is 0 Å². The fourth-order valence-electron chi connectivity index (χ4n) is 1.18. The van der Waals surface area contributed by atoms with E-state index >= 15 is 0 Å². The van der Waals surface area contributed by atoms with Crippen LogP contribution in [0.4, 0.5) is 5.95 Å². The van der Waals surface area contributed by atoms with Gasteiger partial charge in [-0.05, 0) is 34.1 Å². The van der Waals surface area contributed by atoms with Crippen LogP contribution in [0.1, 0.15) is 10.4 Å². The second-order valence-corrected chi connectivity index (χ2v) is 3.86. The molecule has 0 radical (unpaired) electrons. The molecule has 1 aromatic heterocycles. The lowest BCUT2D eigenvalue weighted by molar-refractivity contribution is 0.102. The first-order valence-electron chi connectivity index (χ1n) is 4.60. The first kappa shape index (κ1) is 10.8. The third-order valence-electron chi connectivity index (χ3n) is 1.91. The Morgan fingerprint density at radius 3 is 2.50 bits per heavy atom. The Hall–Kier alpha value is -1.75. The first-order chi connectivity index (χ1) is 7.77. The minimum absolute atomic E-state index is 0.237. The number of hydrogen-bond acceptors (Lipinski definition) is 3. The zero-order valence-electron chi connectivity index (χ0n) is 8.22. The van der Waals surface area contributed by atoms with Crippen LogP contribution in [-0.2, 0) is 0 Å². The molecule has 0 bridgehead atoms. The SMILES string of the molecule is O=C(Nc1ncccn1)c1ccccc1Br. The van der Waals surface area contributed by atoms with E-state index in [2.05, 4.69) is 31.2 Å². The summed E-state index contributed by atoms with van der Waals surface area (Å²) in [6.45, 7) is 0. The number of rotatable bonds is 2. The quantitative estimate of drug-likeness (QED) is 0.918. The van der Waals surface area contributed by atoms with Crippen LogP contribution in [-0.4, -0.2) is 15.9 Å². The molecule has 0 unspecified atom stereocenters. The molecule has 1 aromatic carbocycles. The summed E-state index contributed by atoms with van der Waals surface area (Å²) >= 11 is 3.31. The smallest absolute Gasteiger partial charge is 0.259 e. The number of carbonyl (C=O) groups excluding carboxylic acids is 1. The summed E-state index contributed by atoms with van der Waals surface area (Å²) in [5.41, 5.74) is 0.551. The van der Waals surface area contributed by atoms with Crippen molar-refractivity contribution in [2.24, 2.45) is 0 Å². The van der Waals surface area contributed by atoms with Crippen LogP contribution in [0.2, 0.25) is 0 Å². The number of carbonyl (C=O) groups is 1. The van der Waals surface area contributed by atoms with Crippen molar-refractivity contribution in [1.29, 1.82) is 0 Å². The van der Waals surface area contributed by atoms with Gasteiger partial charge in [-0.2, -0.15) is 0 Å². The molecule has 1 N–H and O–H groups in total. The number of nitrogens with one attached hydrogen (secondary N) is 1. The van der Waals surface area contributed by atoms with Crippen LogP contribution in [0.25, 0.3) is 0 Å². The van der Waals surface area contributed by atoms with E-state index in [9.17, 15) is 4.79 Å². The average Bonchev–Trinajstić information content (AvgIpc) is 2.31. The van der Waals surface area contributed by atoms with Crippen molar-refractivity contribution in [2.75, 3.05) is 5.32 Å². The number of anilines is 1. The fourth-order valence-corrected chi connectivity index (χ4v) is 1.64. The number of nitrogens with zero attached hydrogens (tertiary/aromatic N) is 2. The van der Waals surface area contributed by atoms with Crippen LogP contribution in [0.3, 0.4) is 0 Å². The van der Waals surface area contributed by atoms with Gasteiger partial charge in [-0.3, -0.25) is 10.1 Å². The number of amides is 1. The lowest BCUT2D eigenvalue weighted by Gasteiger charge is -2.04. The summed E-state index contributed by atoms with van der Waals surface area (Å²) < 4.78 is 0.739. The largest absolute Gasteiger partial charge is 0.290 e. The normalized spacial score (nSPS) is 9.81. The van der Waals surface area contributed by atoms with Crippen molar-refractivity contribution >= 4 is 27.8 Å². The van der Waals surface area contributed by atoms with Gasteiger partial charge in [0, 0.05) is 16.9 Å². The van der Waals surface area contributed by atoms with Crippen LogP contribution in [0.5, 0.6) is 0 Å². The predicted octanol–water partition coefficient (Wildman–Crippen LogP) is 2.49. The van der Waals surface area contributed by atoms with E-state index in [1.54, 1.807) is 36.7 Å². The van der Waals surface area contributed by atoms with Gasteiger partial charge in [0.05, 0.1) is 5.56 Å². The Morgan fingerprint density at radius 1 is 1.12 bits per heavy atom. The molecule has 5 heteroatoms. The standard InChI is InChI=1S/C11H8BrN3O/c12-9-5-2-1-4-8(9)10(16)15-11-13-6-3-7-14-11/h1-7H,(H,13,14,15,16). The van der Waals surface area contributed by atoms with Crippen molar-refractivity contribution < 1.29 is 4.79 Å². The summed E-state index contributed by atoms with van der Waals surface area (Å²) in [4.78, 5) is 19.6.